The van der Waals surface area contributed by atoms with Crippen molar-refractivity contribution in [1.82, 2.24) is 0 Å². The van der Waals surface area contributed by atoms with E-state index in [0.29, 0.717) is 5.56 Å². The molecule has 0 radical (unpaired) electrons. The summed E-state index contributed by atoms with van der Waals surface area (Å²) in [6.07, 6.45) is 0. The second-order valence-corrected chi connectivity index (χ2v) is 2.95. The minimum absolute atomic E-state index is 0.111. The predicted octanol–water partition coefficient (Wildman–Crippen LogP) is 2.18. The van der Waals surface area contributed by atoms with Gasteiger partial charge in [-0.05, 0) is 25.5 Å². The number of aryl methyl sites for hydroxylation is 1. The molecule has 0 aliphatic carbocycles. The van der Waals surface area contributed by atoms with Gasteiger partial charge in [-0.15, -0.1) is 0 Å². The Hall–Kier alpha value is -1.89. The van der Waals surface area contributed by atoms with E-state index in [0.717, 1.165) is 0 Å². The topological polar surface area (TPSA) is 50.1 Å². The van der Waals surface area contributed by atoms with E-state index >= 15 is 0 Å². The highest BCUT2D eigenvalue weighted by molar-refractivity contribution is 5.90. The molecule has 78 valence electrons. The van der Waals surface area contributed by atoms with Crippen LogP contribution in [0.4, 0.5) is 4.39 Å². The van der Waals surface area contributed by atoms with E-state index in [9.17, 15) is 9.18 Å². The number of rotatable bonds is 2. The molecule has 0 spiro atoms. The molecule has 0 N–H and O–H groups in total. The number of carbonyl (C=O) groups is 1. The normalized spacial score (nSPS) is 9.47. The van der Waals surface area contributed by atoms with E-state index in [4.69, 9.17) is 5.26 Å². The molecule has 0 amide bonds. The molecule has 0 atom stereocenters. The van der Waals surface area contributed by atoms with E-state index in [-0.39, 0.29) is 17.7 Å². The lowest BCUT2D eigenvalue weighted by Crippen LogP contribution is -2.09. The van der Waals surface area contributed by atoms with E-state index in [1.165, 1.54) is 12.1 Å². The number of esters is 1. The fourth-order valence-electron chi connectivity index (χ4n) is 1.18. The first kappa shape index (κ1) is 11.2. The zero-order chi connectivity index (χ0) is 11.4. The predicted molar refractivity (Wildman–Crippen MR) is 51.8 cm³/mol. The second-order valence-electron chi connectivity index (χ2n) is 2.95. The molecule has 0 aromatic heterocycles. The maximum atomic E-state index is 13.6. The van der Waals surface area contributed by atoms with Crippen molar-refractivity contribution in [3.8, 4) is 6.07 Å². The van der Waals surface area contributed by atoms with Crippen molar-refractivity contribution in [2.24, 2.45) is 0 Å². The van der Waals surface area contributed by atoms with Gasteiger partial charge in [-0.2, -0.15) is 5.26 Å². The highest BCUT2D eigenvalue weighted by atomic mass is 19.1. The molecule has 0 heterocycles. The third-order valence-corrected chi connectivity index (χ3v) is 1.96. The molecule has 3 nitrogen and oxygen atoms in total. The van der Waals surface area contributed by atoms with E-state index in [2.05, 4.69) is 4.74 Å². The minimum Gasteiger partial charge on any atom is -0.462 e. The smallest absolute Gasteiger partial charge is 0.341 e. The van der Waals surface area contributed by atoms with Crippen LogP contribution in [0.5, 0.6) is 0 Å². The van der Waals surface area contributed by atoms with Crippen molar-refractivity contribution in [3.63, 3.8) is 0 Å². The molecule has 0 unspecified atom stereocenters. The molecular formula is C11H10FNO2. The summed E-state index contributed by atoms with van der Waals surface area (Å²) in [5, 5.41) is 8.69. The molecule has 1 aromatic carbocycles. The van der Waals surface area contributed by atoms with Crippen molar-refractivity contribution >= 4 is 5.97 Å². The van der Waals surface area contributed by atoms with Crippen LogP contribution in [0.1, 0.15) is 28.4 Å². The molecule has 0 aliphatic heterocycles. The number of nitriles is 1. The molecule has 1 rings (SSSR count). The van der Waals surface area contributed by atoms with E-state index in [1.54, 1.807) is 19.9 Å². The molecule has 1 aromatic rings. The number of hydrogen-bond donors (Lipinski definition) is 0. The fourth-order valence-corrected chi connectivity index (χ4v) is 1.18. The Labute approximate surface area is 87.1 Å². The Kier molecular flexibility index (Phi) is 3.40. The van der Waals surface area contributed by atoms with Gasteiger partial charge in [0.25, 0.3) is 0 Å². The van der Waals surface area contributed by atoms with E-state index < -0.39 is 11.8 Å². The Morgan fingerprint density at radius 1 is 1.60 bits per heavy atom. The first-order chi connectivity index (χ1) is 7.11. The summed E-state index contributed by atoms with van der Waals surface area (Å²) >= 11 is 0. The van der Waals surface area contributed by atoms with Gasteiger partial charge in [-0.1, -0.05) is 6.07 Å². The lowest BCUT2D eigenvalue weighted by Gasteiger charge is -2.05. The van der Waals surface area contributed by atoms with Crippen LogP contribution in [-0.4, -0.2) is 12.6 Å². The summed E-state index contributed by atoms with van der Waals surface area (Å²) in [6, 6.07) is 4.56. The summed E-state index contributed by atoms with van der Waals surface area (Å²) in [6.45, 7) is 3.42. The summed E-state index contributed by atoms with van der Waals surface area (Å²) in [7, 11) is 0. The van der Waals surface area contributed by atoms with E-state index in [1.807, 2.05) is 0 Å². The van der Waals surface area contributed by atoms with Gasteiger partial charge in [-0.25, -0.2) is 9.18 Å². The van der Waals surface area contributed by atoms with Crippen molar-refractivity contribution in [3.05, 3.63) is 34.6 Å². The molecular weight excluding hydrogens is 197 g/mol. The van der Waals surface area contributed by atoms with Crippen LogP contribution in [-0.2, 0) is 4.74 Å². The van der Waals surface area contributed by atoms with Gasteiger partial charge in [-0.3, -0.25) is 0 Å². The maximum absolute atomic E-state index is 13.6. The fraction of sp³-hybridized carbons (Fsp3) is 0.273. The molecule has 0 fully saturated rings. The molecule has 0 saturated carbocycles. The lowest BCUT2D eigenvalue weighted by molar-refractivity contribution is 0.0521. The Bertz CT molecular complexity index is 435. The average Bonchev–Trinajstić information content (AvgIpc) is 2.18. The second kappa shape index (κ2) is 4.56. The molecule has 15 heavy (non-hydrogen) atoms. The number of carbonyl (C=O) groups excluding carboxylic acids is 1. The monoisotopic (exact) mass is 207 g/mol. The van der Waals surface area contributed by atoms with Crippen LogP contribution in [0.25, 0.3) is 0 Å². The van der Waals surface area contributed by atoms with Gasteiger partial charge in [0.2, 0.25) is 0 Å². The number of hydrogen-bond acceptors (Lipinski definition) is 3. The highest BCUT2D eigenvalue weighted by Crippen LogP contribution is 2.17. The number of nitrogens with zero attached hydrogens (tertiary/aromatic N) is 1. The highest BCUT2D eigenvalue weighted by Gasteiger charge is 2.17. The molecule has 0 saturated heterocycles. The van der Waals surface area contributed by atoms with Crippen molar-refractivity contribution in [2.45, 2.75) is 13.8 Å². The largest absolute Gasteiger partial charge is 0.462 e. The summed E-state index contributed by atoms with van der Waals surface area (Å²) in [5.74, 6) is -1.55. The van der Waals surface area contributed by atoms with Crippen LogP contribution in [0, 0.1) is 24.1 Å². The minimum atomic E-state index is -0.809. The Morgan fingerprint density at radius 3 is 2.80 bits per heavy atom. The molecule has 4 heteroatoms. The Balaban J connectivity index is 3.23. The van der Waals surface area contributed by atoms with Crippen LogP contribution < -0.4 is 0 Å². The number of halogens is 1. The summed E-state index contributed by atoms with van der Waals surface area (Å²) in [4.78, 5) is 11.3. The average molecular weight is 207 g/mol. The molecule has 0 bridgehead atoms. The molecule has 0 aliphatic rings. The van der Waals surface area contributed by atoms with Crippen molar-refractivity contribution in [2.75, 3.05) is 6.61 Å². The van der Waals surface area contributed by atoms with Gasteiger partial charge < -0.3 is 4.74 Å². The van der Waals surface area contributed by atoms with Crippen molar-refractivity contribution < 1.29 is 13.9 Å². The van der Waals surface area contributed by atoms with Gasteiger partial charge in [0.1, 0.15) is 6.07 Å². The Morgan fingerprint density at radius 2 is 2.27 bits per heavy atom. The third kappa shape index (κ3) is 2.13. The van der Waals surface area contributed by atoms with Crippen LogP contribution in [0.2, 0.25) is 0 Å². The van der Waals surface area contributed by atoms with Crippen LogP contribution in [0.15, 0.2) is 12.1 Å². The summed E-state index contributed by atoms with van der Waals surface area (Å²) in [5.41, 5.74) is 0.197. The number of ether oxygens (including phenoxy) is 1. The zero-order valence-electron chi connectivity index (χ0n) is 8.50. The quantitative estimate of drug-likeness (QED) is 0.698. The van der Waals surface area contributed by atoms with Gasteiger partial charge >= 0.3 is 5.97 Å². The zero-order valence-corrected chi connectivity index (χ0v) is 8.50. The first-order valence-electron chi connectivity index (χ1n) is 4.48. The standard InChI is InChI=1S/C11H10FNO2/c1-3-15-11(14)8-5-4-7(2)9(6-13)10(8)12/h4-5H,3H2,1-2H3. The maximum Gasteiger partial charge on any atom is 0.341 e. The van der Waals surface area contributed by atoms with Crippen LogP contribution >= 0.6 is 0 Å². The third-order valence-electron chi connectivity index (χ3n) is 1.96. The van der Waals surface area contributed by atoms with Crippen molar-refractivity contribution in [1.29, 1.82) is 5.26 Å². The van der Waals surface area contributed by atoms with Crippen LogP contribution in [0.3, 0.4) is 0 Å². The lowest BCUT2D eigenvalue weighted by atomic mass is 10.1. The number of benzene rings is 1. The SMILES string of the molecule is CCOC(=O)c1ccc(C)c(C#N)c1F. The summed E-state index contributed by atoms with van der Waals surface area (Å²) < 4.78 is 18.2. The van der Waals surface area contributed by atoms with Gasteiger partial charge in [0.15, 0.2) is 5.82 Å². The van der Waals surface area contributed by atoms with Gasteiger partial charge in [0, 0.05) is 0 Å². The van der Waals surface area contributed by atoms with Gasteiger partial charge in [0.05, 0.1) is 17.7 Å². The first-order valence-corrected chi connectivity index (χ1v) is 4.48.